The highest BCUT2D eigenvalue weighted by Crippen LogP contribution is 2.30. The molecular weight excluding hydrogens is 428 g/mol. The van der Waals surface area contributed by atoms with E-state index in [1.165, 1.54) is 5.69 Å². The van der Waals surface area contributed by atoms with Crippen LogP contribution in [0.15, 0.2) is 54.7 Å². The van der Waals surface area contributed by atoms with E-state index in [1.807, 2.05) is 30.5 Å². The van der Waals surface area contributed by atoms with Crippen molar-refractivity contribution in [2.45, 2.75) is 0 Å². The summed E-state index contributed by atoms with van der Waals surface area (Å²) >= 11 is 0. The van der Waals surface area contributed by atoms with Gasteiger partial charge in [0.1, 0.15) is 0 Å². The van der Waals surface area contributed by atoms with E-state index >= 15 is 0 Å². The summed E-state index contributed by atoms with van der Waals surface area (Å²) in [4.78, 5) is 16.4. The lowest BCUT2D eigenvalue weighted by molar-refractivity contribution is 0.122. The molecule has 178 valence electrons. The molecule has 5 rings (SSSR count). The van der Waals surface area contributed by atoms with Gasteiger partial charge in [-0.05, 0) is 49.5 Å². The van der Waals surface area contributed by atoms with Crippen LogP contribution in [0.5, 0.6) is 0 Å². The first-order valence-corrected chi connectivity index (χ1v) is 11.8. The number of hydrogen-bond donors (Lipinski definition) is 3. The molecule has 0 unspecified atom stereocenters. The molecule has 0 amide bonds. The molecule has 0 spiro atoms. The zero-order chi connectivity index (χ0) is 23.3. The minimum absolute atomic E-state index is 0.538. The molecule has 0 saturated carbocycles. The summed E-state index contributed by atoms with van der Waals surface area (Å²) in [5.74, 6) is 1.27. The van der Waals surface area contributed by atoms with Crippen LogP contribution in [-0.4, -0.2) is 74.4 Å². The third-order valence-electron chi connectivity index (χ3n) is 6.26. The third-order valence-corrected chi connectivity index (χ3v) is 6.26. The largest absolute Gasteiger partial charge is 0.399 e. The number of nitrogen functional groups attached to an aromatic ring is 1. The number of nitrogens with zero attached hydrogens (tertiary/aromatic N) is 5. The standard InChI is InChI=1S/C25H32N8O/c1-31-9-11-32(12-10-31)22-7-5-20(6-8-22)29-25-27-18-23(33-13-15-34-16-14-33)24(30-25)28-21-4-2-3-19(26)17-21/h2-8,17-18H,9-16,26H2,1H3,(H2,27,28,29,30). The van der Waals surface area contributed by atoms with Crippen molar-refractivity contribution in [3.05, 3.63) is 54.7 Å². The van der Waals surface area contributed by atoms with Crippen LogP contribution in [0, 0.1) is 0 Å². The first-order chi connectivity index (χ1) is 16.6. The summed E-state index contributed by atoms with van der Waals surface area (Å²) in [6.07, 6.45) is 1.87. The minimum Gasteiger partial charge on any atom is -0.399 e. The van der Waals surface area contributed by atoms with Crippen LogP contribution >= 0.6 is 0 Å². The number of rotatable bonds is 6. The monoisotopic (exact) mass is 460 g/mol. The first kappa shape index (κ1) is 22.2. The number of morpholine rings is 1. The predicted octanol–water partition coefficient (Wildman–Crippen LogP) is 3.13. The molecule has 3 heterocycles. The smallest absolute Gasteiger partial charge is 0.229 e. The highest BCUT2D eigenvalue weighted by molar-refractivity contribution is 5.74. The Bertz CT molecular complexity index is 1090. The highest BCUT2D eigenvalue weighted by Gasteiger charge is 2.18. The van der Waals surface area contributed by atoms with Crippen LogP contribution < -0.4 is 26.2 Å². The second kappa shape index (κ2) is 10.1. The summed E-state index contributed by atoms with van der Waals surface area (Å²) in [5, 5.41) is 6.78. The average Bonchev–Trinajstić information content (AvgIpc) is 2.86. The van der Waals surface area contributed by atoms with Gasteiger partial charge in [-0.2, -0.15) is 4.98 Å². The molecule has 2 aromatic carbocycles. The topological polar surface area (TPSA) is 94.8 Å². The van der Waals surface area contributed by atoms with Crippen molar-refractivity contribution in [1.82, 2.24) is 14.9 Å². The van der Waals surface area contributed by atoms with Crippen LogP contribution in [0.1, 0.15) is 0 Å². The Hall–Kier alpha value is -3.56. The fraction of sp³-hybridized carbons (Fsp3) is 0.360. The van der Waals surface area contributed by atoms with Gasteiger partial charge in [0, 0.05) is 62.0 Å². The van der Waals surface area contributed by atoms with Gasteiger partial charge in [0.15, 0.2) is 5.82 Å². The molecule has 0 aliphatic carbocycles. The maximum absolute atomic E-state index is 5.98. The molecule has 2 fully saturated rings. The fourth-order valence-corrected chi connectivity index (χ4v) is 4.27. The summed E-state index contributed by atoms with van der Waals surface area (Å²) in [6.45, 7) is 7.26. The minimum atomic E-state index is 0.538. The number of likely N-dealkylation sites (N-methyl/N-ethyl adjacent to an activating group) is 1. The lowest BCUT2D eigenvalue weighted by Gasteiger charge is -2.34. The molecule has 0 atom stereocenters. The van der Waals surface area contributed by atoms with E-state index in [2.05, 4.69) is 61.6 Å². The van der Waals surface area contributed by atoms with Gasteiger partial charge in [-0.25, -0.2) is 4.98 Å². The second-order valence-electron chi connectivity index (χ2n) is 8.74. The number of aromatic nitrogens is 2. The Morgan fingerprint density at radius 2 is 1.62 bits per heavy atom. The van der Waals surface area contributed by atoms with Crippen LogP contribution in [0.4, 0.5) is 40.2 Å². The molecule has 34 heavy (non-hydrogen) atoms. The van der Waals surface area contributed by atoms with E-state index in [0.717, 1.165) is 62.1 Å². The summed E-state index contributed by atoms with van der Waals surface area (Å²) in [7, 11) is 2.17. The molecule has 9 heteroatoms. The molecule has 3 aromatic rings. The Balaban J connectivity index is 1.35. The Kier molecular flexibility index (Phi) is 6.64. The van der Waals surface area contributed by atoms with Crippen molar-refractivity contribution in [2.75, 3.05) is 85.7 Å². The predicted molar refractivity (Wildman–Crippen MR) is 139 cm³/mol. The van der Waals surface area contributed by atoms with Gasteiger partial charge >= 0.3 is 0 Å². The summed E-state index contributed by atoms with van der Waals surface area (Å²) in [6, 6.07) is 16.1. The summed E-state index contributed by atoms with van der Waals surface area (Å²) in [5.41, 5.74) is 10.7. The van der Waals surface area contributed by atoms with Gasteiger partial charge in [-0.1, -0.05) is 6.07 Å². The Morgan fingerprint density at radius 3 is 2.35 bits per heavy atom. The van der Waals surface area contributed by atoms with Crippen molar-refractivity contribution in [3.63, 3.8) is 0 Å². The number of nitrogens with two attached hydrogens (primary N) is 1. The van der Waals surface area contributed by atoms with E-state index in [0.29, 0.717) is 24.8 Å². The van der Waals surface area contributed by atoms with Crippen molar-refractivity contribution in [2.24, 2.45) is 0 Å². The quantitative estimate of drug-likeness (QED) is 0.480. The fourth-order valence-electron chi connectivity index (χ4n) is 4.27. The van der Waals surface area contributed by atoms with Crippen LogP contribution in [0.3, 0.4) is 0 Å². The van der Waals surface area contributed by atoms with E-state index in [1.54, 1.807) is 0 Å². The molecule has 4 N–H and O–H groups in total. The number of nitrogens with one attached hydrogen (secondary N) is 2. The van der Waals surface area contributed by atoms with Crippen molar-refractivity contribution in [1.29, 1.82) is 0 Å². The van der Waals surface area contributed by atoms with Gasteiger partial charge in [0.05, 0.1) is 25.1 Å². The molecule has 9 nitrogen and oxygen atoms in total. The van der Waals surface area contributed by atoms with Gasteiger partial charge in [0.2, 0.25) is 5.95 Å². The normalized spacial score (nSPS) is 17.0. The van der Waals surface area contributed by atoms with Gasteiger partial charge < -0.3 is 35.8 Å². The summed E-state index contributed by atoms with van der Waals surface area (Å²) < 4.78 is 5.52. The van der Waals surface area contributed by atoms with Gasteiger partial charge in [0.25, 0.3) is 0 Å². The first-order valence-electron chi connectivity index (χ1n) is 11.8. The van der Waals surface area contributed by atoms with E-state index < -0.39 is 0 Å². The van der Waals surface area contributed by atoms with Crippen molar-refractivity contribution in [3.8, 4) is 0 Å². The highest BCUT2D eigenvalue weighted by atomic mass is 16.5. The second-order valence-corrected chi connectivity index (χ2v) is 8.74. The van der Waals surface area contributed by atoms with E-state index in [4.69, 9.17) is 15.5 Å². The molecular formula is C25H32N8O. The average molecular weight is 461 g/mol. The van der Waals surface area contributed by atoms with Crippen LogP contribution in [0.25, 0.3) is 0 Å². The van der Waals surface area contributed by atoms with Crippen molar-refractivity contribution < 1.29 is 4.74 Å². The Morgan fingerprint density at radius 1 is 0.853 bits per heavy atom. The molecule has 2 saturated heterocycles. The molecule has 1 aromatic heterocycles. The number of anilines is 7. The van der Waals surface area contributed by atoms with Crippen LogP contribution in [-0.2, 0) is 4.74 Å². The molecule has 2 aliphatic rings. The maximum atomic E-state index is 5.98. The number of ether oxygens (including phenoxy) is 1. The SMILES string of the molecule is CN1CCN(c2ccc(Nc3ncc(N4CCOCC4)c(Nc4cccc(N)c4)n3)cc2)CC1. The number of benzene rings is 2. The lowest BCUT2D eigenvalue weighted by atomic mass is 10.2. The van der Waals surface area contributed by atoms with E-state index in [-0.39, 0.29) is 0 Å². The number of piperazine rings is 1. The zero-order valence-electron chi connectivity index (χ0n) is 19.6. The molecule has 0 radical (unpaired) electrons. The third kappa shape index (κ3) is 5.32. The van der Waals surface area contributed by atoms with Gasteiger partial charge in [-0.15, -0.1) is 0 Å². The maximum Gasteiger partial charge on any atom is 0.229 e. The number of hydrogen-bond acceptors (Lipinski definition) is 9. The van der Waals surface area contributed by atoms with Gasteiger partial charge in [-0.3, -0.25) is 0 Å². The van der Waals surface area contributed by atoms with Crippen LogP contribution in [0.2, 0.25) is 0 Å². The zero-order valence-corrected chi connectivity index (χ0v) is 19.6. The van der Waals surface area contributed by atoms with E-state index in [9.17, 15) is 0 Å². The lowest BCUT2D eigenvalue weighted by Crippen LogP contribution is -2.44. The van der Waals surface area contributed by atoms with Crippen molar-refractivity contribution >= 4 is 40.2 Å². The molecule has 0 bridgehead atoms. The Labute approximate surface area is 200 Å². The molecule has 2 aliphatic heterocycles.